The molecule has 0 aliphatic carbocycles. The maximum atomic E-state index is 13.5. The van der Waals surface area contributed by atoms with Crippen molar-refractivity contribution in [2.75, 3.05) is 12.3 Å². The van der Waals surface area contributed by atoms with Crippen LogP contribution in [0.1, 0.15) is 25.0 Å². The molecule has 1 amide bonds. The lowest BCUT2D eigenvalue weighted by molar-refractivity contribution is -0.127. The minimum absolute atomic E-state index is 0.141. The number of amides is 1. The number of aryl methyl sites for hydroxylation is 1. The fourth-order valence-electron chi connectivity index (χ4n) is 2.34. The van der Waals surface area contributed by atoms with Crippen molar-refractivity contribution in [1.29, 1.82) is 0 Å². The molecule has 1 N–H and O–H groups in total. The molecule has 5 heteroatoms. The highest BCUT2D eigenvalue weighted by atomic mass is 32.2. The van der Waals surface area contributed by atoms with Gasteiger partial charge in [-0.25, -0.2) is 4.39 Å². The first-order chi connectivity index (χ1) is 12.1. The maximum Gasteiger partial charge on any atom is 0.260 e. The molecule has 0 bridgehead atoms. The lowest BCUT2D eigenvalue weighted by Gasteiger charge is -2.16. The molecule has 0 aliphatic rings. The maximum absolute atomic E-state index is 13.5. The monoisotopic (exact) mass is 361 g/mol. The molecule has 0 aromatic heterocycles. The van der Waals surface area contributed by atoms with E-state index in [-0.39, 0.29) is 11.7 Å². The fraction of sp³-hybridized carbons (Fsp3) is 0.350. The number of thioether (sulfide) groups is 1. The lowest BCUT2D eigenvalue weighted by atomic mass is 10.1. The first-order valence-corrected chi connectivity index (χ1v) is 9.60. The average Bonchev–Trinajstić information content (AvgIpc) is 2.63. The Morgan fingerprint density at radius 2 is 1.84 bits per heavy atom. The molecule has 0 radical (unpaired) electrons. The molecule has 3 nitrogen and oxygen atoms in total. The predicted octanol–water partition coefficient (Wildman–Crippen LogP) is 4.21. The molecule has 0 heterocycles. The first-order valence-electron chi connectivity index (χ1n) is 8.45. The third-order valence-electron chi connectivity index (χ3n) is 3.79. The van der Waals surface area contributed by atoms with E-state index in [0.717, 1.165) is 23.5 Å². The summed E-state index contributed by atoms with van der Waals surface area (Å²) in [5.74, 6) is 1.74. The molecule has 25 heavy (non-hydrogen) atoms. The van der Waals surface area contributed by atoms with E-state index in [1.54, 1.807) is 30.8 Å². The van der Waals surface area contributed by atoms with Gasteiger partial charge in [0.05, 0.1) is 0 Å². The van der Waals surface area contributed by atoms with E-state index in [1.165, 1.54) is 6.07 Å². The van der Waals surface area contributed by atoms with Gasteiger partial charge in [0.1, 0.15) is 11.6 Å². The van der Waals surface area contributed by atoms with Crippen molar-refractivity contribution in [1.82, 2.24) is 5.32 Å². The van der Waals surface area contributed by atoms with Crippen LogP contribution < -0.4 is 10.1 Å². The van der Waals surface area contributed by atoms with Gasteiger partial charge in [-0.05, 0) is 36.6 Å². The summed E-state index contributed by atoms with van der Waals surface area (Å²) in [5.41, 5.74) is 1.77. The normalized spacial score (nSPS) is 11.8. The van der Waals surface area contributed by atoms with Gasteiger partial charge in [0.15, 0.2) is 6.10 Å². The number of ether oxygens (including phenoxy) is 1. The standard InChI is InChI=1S/C20H24FNO2S/c1-3-16-8-5-7-11-19(16)24-15(2)20(23)22-12-13-25-14-17-9-4-6-10-18(17)21/h4-11,15H,3,12-14H2,1-2H3,(H,22,23)/t15-/m0/s1. The molecule has 134 valence electrons. The third kappa shape index (κ3) is 6.09. The van der Waals surface area contributed by atoms with Crippen LogP contribution in [-0.4, -0.2) is 24.3 Å². The van der Waals surface area contributed by atoms with Gasteiger partial charge in [-0.2, -0.15) is 11.8 Å². The second-order valence-corrected chi connectivity index (χ2v) is 6.76. The van der Waals surface area contributed by atoms with E-state index >= 15 is 0 Å². The van der Waals surface area contributed by atoms with Crippen molar-refractivity contribution in [2.45, 2.75) is 32.1 Å². The summed E-state index contributed by atoms with van der Waals surface area (Å²) in [7, 11) is 0. The van der Waals surface area contributed by atoms with E-state index in [0.29, 0.717) is 17.9 Å². The van der Waals surface area contributed by atoms with Crippen LogP contribution >= 0.6 is 11.8 Å². The number of nitrogens with one attached hydrogen (secondary N) is 1. The van der Waals surface area contributed by atoms with Gasteiger partial charge in [0.2, 0.25) is 0 Å². The van der Waals surface area contributed by atoms with Gasteiger partial charge < -0.3 is 10.1 Å². The highest BCUT2D eigenvalue weighted by Crippen LogP contribution is 2.19. The zero-order valence-electron chi connectivity index (χ0n) is 14.6. The minimum Gasteiger partial charge on any atom is -0.481 e. The minimum atomic E-state index is -0.552. The van der Waals surface area contributed by atoms with Crippen LogP contribution in [0.25, 0.3) is 0 Å². The summed E-state index contributed by atoms with van der Waals surface area (Å²) in [6.07, 6.45) is 0.307. The van der Waals surface area contributed by atoms with Gasteiger partial charge in [-0.3, -0.25) is 4.79 Å². The Morgan fingerprint density at radius 1 is 1.16 bits per heavy atom. The van der Waals surface area contributed by atoms with Crippen molar-refractivity contribution in [3.05, 3.63) is 65.5 Å². The predicted molar refractivity (Wildman–Crippen MR) is 101 cm³/mol. The van der Waals surface area contributed by atoms with Crippen LogP contribution in [0.3, 0.4) is 0 Å². The van der Waals surface area contributed by atoms with Crippen LogP contribution in [0.4, 0.5) is 4.39 Å². The van der Waals surface area contributed by atoms with Crippen molar-refractivity contribution in [3.8, 4) is 5.75 Å². The van der Waals surface area contributed by atoms with Crippen LogP contribution in [-0.2, 0) is 17.0 Å². The Labute approximate surface area is 153 Å². The molecule has 0 aliphatic heterocycles. The second kappa shape index (κ2) is 10.1. The third-order valence-corrected chi connectivity index (χ3v) is 4.80. The topological polar surface area (TPSA) is 38.3 Å². The average molecular weight is 361 g/mol. The zero-order chi connectivity index (χ0) is 18.1. The Morgan fingerprint density at radius 3 is 2.56 bits per heavy atom. The number of para-hydroxylation sites is 1. The molecular weight excluding hydrogens is 337 g/mol. The number of rotatable bonds is 9. The van der Waals surface area contributed by atoms with E-state index in [1.807, 2.05) is 30.3 Å². The van der Waals surface area contributed by atoms with Crippen LogP contribution in [0.15, 0.2) is 48.5 Å². The molecule has 2 aromatic rings. The van der Waals surface area contributed by atoms with Gasteiger partial charge in [-0.1, -0.05) is 43.3 Å². The van der Waals surface area contributed by atoms with Crippen LogP contribution in [0.5, 0.6) is 5.75 Å². The van der Waals surface area contributed by atoms with Crippen LogP contribution in [0.2, 0.25) is 0 Å². The fourth-order valence-corrected chi connectivity index (χ4v) is 3.19. The number of hydrogen-bond donors (Lipinski definition) is 1. The van der Waals surface area contributed by atoms with Gasteiger partial charge in [0, 0.05) is 18.1 Å². The molecule has 0 saturated carbocycles. The number of carbonyl (C=O) groups excluding carboxylic acids is 1. The molecule has 2 rings (SSSR count). The molecule has 1 atom stereocenters. The van der Waals surface area contributed by atoms with E-state index < -0.39 is 6.10 Å². The van der Waals surface area contributed by atoms with Crippen molar-refractivity contribution in [3.63, 3.8) is 0 Å². The van der Waals surface area contributed by atoms with E-state index in [4.69, 9.17) is 4.74 Å². The number of halogens is 1. The molecule has 0 spiro atoms. The number of hydrogen-bond acceptors (Lipinski definition) is 3. The van der Waals surface area contributed by atoms with E-state index in [2.05, 4.69) is 12.2 Å². The summed E-state index contributed by atoms with van der Waals surface area (Å²) in [6, 6.07) is 14.5. The largest absolute Gasteiger partial charge is 0.481 e. The molecule has 0 saturated heterocycles. The SMILES string of the molecule is CCc1ccccc1O[C@@H](C)C(=O)NCCSCc1ccccc1F. The highest BCUT2D eigenvalue weighted by Gasteiger charge is 2.15. The summed E-state index contributed by atoms with van der Waals surface area (Å²) < 4.78 is 19.3. The second-order valence-electron chi connectivity index (χ2n) is 5.66. The quantitative estimate of drug-likeness (QED) is 0.680. The number of benzene rings is 2. The Hall–Kier alpha value is -2.01. The molecule has 2 aromatic carbocycles. The molecule has 0 fully saturated rings. The van der Waals surface area contributed by atoms with Crippen LogP contribution in [0, 0.1) is 5.82 Å². The zero-order valence-corrected chi connectivity index (χ0v) is 15.4. The highest BCUT2D eigenvalue weighted by molar-refractivity contribution is 7.98. The lowest BCUT2D eigenvalue weighted by Crippen LogP contribution is -2.37. The summed E-state index contributed by atoms with van der Waals surface area (Å²) in [4.78, 5) is 12.1. The van der Waals surface area contributed by atoms with E-state index in [9.17, 15) is 9.18 Å². The van der Waals surface area contributed by atoms with Gasteiger partial charge in [0.25, 0.3) is 5.91 Å². The molecule has 0 unspecified atom stereocenters. The Balaban J connectivity index is 1.70. The Kier molecular flexibility index (Phi) is 7.79. The molecular formula is C20H24FNO2S. The van der Waals surface area contributed by atoms with Crippen molar-refractivity contribution in [2.24, 2.45) is 0 Å². The van der Waals surface area contributed by atoms with Crippen molar-refractivity contribution < 1.29 is 13.9 Å². The summed E-state index contributed by atoms with van der Waals surface area (Å²) in [6.45, 7) is 4.33. The van der Waals surface area contributed by atoms with Gasteiger partial charge in [-0.15, -0.1) is 0 Å². The summed E-state index contributed by atoms with van der Waals surface area (Å²) >= 11 is 1.59. The first kappa shape index (κ1) is 19.3. The van der Waals surface area contributed by atoms with Crippen molar-refractivity contribution >= 4 is 17.7 Å². The summed E-state index contributed by atoms with van der Waals surface area (Å²) in [5, 5.41) is 2.86. The number of carbonyl (C=O) groups is 1. The smallest absolute Gasteiger partial charge is 0.260 e. The van der Waals surface area contributed by atoms with Gasteiger partial charge >= 0.3 is 0 Å². The Bertz CT molecular complexity index is 693.